The fourth-order valence-corrected chi connectivity index (χ4v) is 2.20. The maximum absolute atomic E-state index is 11.0. The number of carbonyl (C=O) groups is 1. The molecule has 7 nitrogen and oxygen atoms in total. The third-order valence-corrected chi connectivity index (χ3v) is 3.38. The summed E-state index contributed by atoms with van der Waals surface area (Å²) in [5.74, 6) is 1.71. The van der Waals surface area contributed by atoms with Crippen LogP contribution in [0.4, 0.5) is 0 Å². The van der Waals surface area contributed by atoms with Crippen molar-refractivity contribution in [3.63, 3.8) is 0 Å². The molecule has 23 heavy (non-hydrogen) atoms. The first-order valence-corrected chi connectivity index (χ1v) is 7.31. The maximum atomic E-state index is 11.0. The molecule has 0 amide bonds. The summed E-state index contributed by atoms with van der Waals surface area (Å²) in [6.45, 7) is 3.74. The van der Waals surface area contributed by atoms with E-state index in [-0.39, 0.29) is 12.5 Å². The van der Waals surface area contributed by atoms with Crippen molar-refractivity contribution in [1.82, 2.24) is 14.8 Å². The Bertz CT molecular complexity index is 695. The summed E-state index contributed by atoms with van der Waals surface area (Å²) in [7, 11) is 3.15. The van der Waals surface area contributed by atoms with Crippen LogP contribution in [0.25, 0.3) is 0 Å². The summed E-state index contributed by atoms with van der Waals surface area (Å²) in [6.07, 6.45) is 0.466. The van der Waals surface area contributed by atoms with Crippen molar-refractivity contribution in [1.29, 1.82) is 0 Å². The van der Waals surface area contributed by atoms with Gasteiger partial charge in [0.25, 0.3) is 0 Å². The molecule has 2 rings (SSSR count). The first-order chi connectivity index (χ1) is 10.9. The Morgan fingerprint density at radius 3 is 2.52 bits per heavy atom. The Morgan fingerprint density at radius 2 is 1.96 bits per heavy atom. The average Bonchev–Trinajstić information content (AvgIpc) is 2.89. The number of aliphatic carboxylic acids is 1. The zero-order valence-corrected chi connectivity index (χ0v) is 13.7. The molecule has 0 aliphatic heterocycles. The molecular formula is C16H21N3O4. The van der Waals surface area contributed by atoms with E-state index in [0.717, 1.165) is 5.56 Å². The highest BCUT2D eigenvalue weighted by Gasteiger charge is 2.16. The van der Waals surface area contributed by atoms with Crippen molar-refractivity contribution in [2.75, 3.05) is 14.2 Å². The van der Waals surface area contributed by atoms with Crippen LogP contribution in [0.15, 0.2) is 18.2 Å². The minimum atomic E-state index is -0.946. The quantitative estimate of drug-likeness (QED) is 0.841. The molecule has 0 aliphatic rings. The third-order valence-electron chi connectivity index (χ3n) is 3.38. The number of carboxylic acids is 1. The summed E-state index contributed by atoms with van der Waals surface area (Å²) in [5, 5.41) is 13.3. The van der Waals surface area contributed by atoms with E-state index in [0.29, 0.717) is 29.6 Å². The summed E-state index contributed by atoms with van der Waals surface area (Å²) in [6, 6.07) is 5.57. The summed E-state index contributed by atoms with van der Waals surface area (Å²) >= 11 is 0. The fourth-order valence-electron chi connectivity index (χ4n) is 2.20. The third kappa shape index (κ3) is 4.00. The van der Waals surface area contributed by atoms with E-state index in [2.05, 4.69) is 10.1 Å². The lowest BCUT2D eigenvalue weighted by Gasteiger charge is -2.09. The molecule has 0 bridgehead atoms. The lowest BCUT2D eigenvalue weighted by Crippen LogP contribution is -2.14. The molecule has 0 atom stereocenters. The standard InChI is InChI=1S/C16H21N3O4/c1-10(2)16-17-14(19(18-16)9-15(20)21)8-11-5-6-12(22-3)13(7-11)23-4/h5-7,10H,8-9H2,1-4H3,(H,20,21). The predicted molar refractivity (Wildman–Crippen MR) is 84.1 cm³/mol. The number of rotatable bonds is 7. The van der Waals surface area contributed by atoms with E-state index in [1.165, 1.54) is 4.68 Å². The first kappa shape index (κ1) is 16.8. The Labute approximate surface area is 134 Å². The number of hydrogen-bond donors (Lipinski definition) is 1. The number of hydrogen-bond acceptors (Lipinski definition) is 5. The molecule has 124 valence electrons. The molecule has 1 aromatic heterocycles. The fraction of sp³-hybridized carbons (Fsp3) is 0.438. The van der Waals surface area contributed by atoms with Crippen molar-refractivity contribution in [3.8, 4) is 11.5 Å². The molecule has 0 unspecified atom stereocenters. The van der Waals surface area contributed by atoms with Crippen molar-refractivity contribution in [2.24, 2.45) is 0 Å². The number of carboxylic acid groups (broad SMARTS) is 1. The van der Waals surface area contributed by atoms with Gasteiger partial charge in [0.2, 0.25) is 0 Å². The van der Waals surface area contributed by atoms with Gasteiger partial charge >= 0.3 is 5.97 Å². The van der Waals surface area contributed by atoms with Gasteiger partial charge in [0, 0.05) is 12.3 Å². The van der Waals surface area contributed by atoms with E-state index in [4.69, 9.17) is 14.6 Å². The summed E-state index contributed by atoms with van der Waals surface area (Å²) in [4.78, 5) is 15.5. The van der Waals surface area contributed by atoms with Gasteiger partial charge in [-0.15, -0.1) is 0 Å². The number of aromatic nitrogens is 3. The number of benzene rings is 1. The lowest BCUT2D eigenvalue weighted by molar-refractivity contribution is -0.137. The van der Waals surface area contributed by atoms with Gasteiger partial charge in [-0.25, -0.2) is 9.67 Å². The van der Waals surface area contributed by atoms with Crippen LogP contribution in [-0.4, -0.2) is 40.1 Å². The van der Waals surface area contributed by atoms with Gasteiger partial charge < -0.3 is 14.6 Å². The van der Waals surface area contributed by atoms with E-state index in [9.17, 15) is 4.79 Å². The Kier molecular flexibility index (Phi) is 5.20. The second kappa shape index (κ2) is 7.13. The van der Waals surface area contributed by atoms with Crippen molar-refractivity contribution < 1.29 is 19.4 Å². The number of ether oxygens (including phenoxy) is 2. The minimum absolute atomic E-state index is 0.134. The second-order valence-electron chi connectivity index (χ2n) is 5.46. The van der Waals surface area contributed by atoms with Crippen molar-refractivity contribution in [2.45, 2.75) is 32.7 Å². The van der Waals surface area contributed by atoms with Crippen molar-refractivity contribution in [3.05, 3.63) is 35.4 Å². The van der Waals surface area contributed by atoms with Crippen LogP contribution >= 0.6 is 0 Å². The van der Waals surface area contributed by atoms with Gasteiger partial charge in [-0.2, -0.15) is 5.10 Å². The van der Waals surface area contributed by atoms with Crippen molar-refractivity contribution >= 4 is 5.97 Å². The van der Waals surface area contributed by atoms with Crippen LogP contribution in [0, 0.1) is 0 Å². The minimum Gasteiger partial charge on any atom is -0.493 e. The average molecular weight is 319 g/mol. The molecule has 0 saturated carbocycles. The Balaban J connectivity index is 2.33. The van der Waals surface area contributed by atoms with Crippen LogP contribution in [-0.2, 0) is 17.8 Å². The van der Waals surface area contributed by atoms with Gasteiger partial charge in [-0.1, -0.05) is 19.9 Å². The van der Waals surface area contributed by atoms with Crippen LogP contribution in [0.2, 0.25) is 0 Å². The molecule has 0 aliphatic carbocycles. The van der Waals surface area contributed by atoms with E-state index in [1.807, 2.05) is 32.0 Å². The molecule has 0 radical (unpaired) electrons. The maximum Gasteiger partial charge on any atom is 0.325 e. The molecule has 1 N–H and O–H groups in total. The highest BCUT2D eigenvalue weighted by Crippen LogP contribution is 2.28. The molecule has 0 saturated heterocycles. The van der Waals surface area contributed by atoms with Gasteiger partial charge in [-0.3, -0.25) is 4.79 Å². The lowest BCUT2D eigenvalue weighted by atomic mass is 10.1. The monoisotopic (exact) mass is 319 g/mol. The SMILES string of the molecule is COc1ccc(Cc2nc(C(C)C)nn2CC(=O)O)cc1OC. The van der Waals surface area contributed by atoms with E-state index in [1.54, 1.807) is 14.2 Å². The normalized spacial score (nSPS) is 10.8. The topological polar surface area (TPSA) is 86.5 Å². The molecule has 7 heteroatoms. The largest absolute Gasteiger partial charge is 0.493 e. The van der Waals surface area contributed by atoms with Gasteiger partial charge in [-0.05, 0) is 17.7 Å². The van der Waals surface area contributed by atoms with Crippen LogP contribution in [0.1, 0.15) is 37.0 Å². The van der Waals surface area contributed by atoms with Gasteiger partial charge in [0.1, 0.15) is 12.4 Å². The molecular weight excluding hydrogens is 298 g/mol. The predicted octanol–water partition coefficient (Wildman–Crippen LogP) is 2.09. The molecule has 1 aromatic carbocycles. The summed E-state index contributed by atoms with van der Waals surface area (Å²) < 4.78 is 11.9. The van der Waals surface area contributed by atoms with Gasteiger partial charge in [0.15, 0.2) is 17.3 Å². The molecule has 0 spiro atoms. The Morgan fingerprint density at radius 1 is 1.26 bits per heavy atom. The van der Waals surface area contributed by atoms with Crippen LogP contribution < -0.4 is 9.47 Å². The molecule has 2 aromatic rings. The van der Waals surface area contributed by atoms with Crippen LogP contribution in [0.5, 0.6) is 11.5 Å². The number of methoxy groups -OCH3 is 2. The highest BCUT2D eigenvalue weighted by atomic mass is 16.5. The Hall–Kier alpha value is -2.57. The van der Waals surface area contributed by atoms with E-state index >= 15 is 0 Å². The van der Waals surface area contributed by atoms with Crippen LogP contribution in [0.3, 0.4) is 0 Å². The first-order valence-electron chi connectivity index (χ1n) is 7.31. The zero-order chi connectivity index (χ0) is 17.0. The molecule has 0 fully saturated rings. The van der Waals surface area contributed by atoms with E-state index < -0.39 is 5.97 Å². The zero-order valence-electron chi connectivity index (χ0n) is 13.7. The smallest absolute Gasteiger partial charge is 0.325 e. The summed E-state index contributed by atoms with van der Waals surface area (Å²) in [5.41, 5.74) is 0.942. The molecule has 1 heterocycles. The van der Waals surface area contributed by atoms with Gasteiger partial charge in [0.05, 0.1) is 14.2 Å². The number of nitrogens with zero attached hydrogens (tertiary/aromatic N) is 3. The second-order valence-corrected chi connectivity index (χ2v) is 5.46. The highest BCUT2D eigenvalue weighted by molar-refractivity contribution is 5.66.